The summed E-state index contributed by atoms with van der Waals surface area (Å²) in [7, 11) is 0. The molecule has 0 saturated carbocycles. The summed E-state index contributed by atoms with van der Waals surface area (Å²) in [6, 6.07) is 12.9. The Balaban J connectivity index is 2.04. The van der Waals surface area contributed by atoms with Gasteiger partial charge in [-0.1, -0.05) is 26.8 Å². The van der Waals surface area contributed by atoms with Crippen LogP contribution in [0.3, 0.4) is 0 Å². The molecule has 2 aromatic carbocycles. The first kappa shape index (κ1) is 29.8. The molecule has 0 spiro atoms. The summed E-state index contributed by atoms with van der Waals surface area (Å²) >= 11 is 0. The Morgan fingerprint density at radius 2 is 1.62 bits per heavy atom. The third-order valence-corrected chi connectivity index (χ3v) is 6.17. The van der Waals surface area contributed by atoms with E-state index in [2.05, 4.69) is 15.6 Å². The van der Waals surface area contributed by atoms with Crippen LogP contribution < -0.4 is 21.1 Å². The summed E-state index contributed by atoms with van der Waals surface area (Å²) in [5, 5.41) is 32.7. The maximum absolute atomic E-state index is 13.4. The molecule has 0 fully saturated rings. The van der Waals surface area contributed by atoms with E-state index in [1.165, 1.54) is 30.3 Å². The lowest BCUT2D eigenvalue weighted by Crippen LogP contribution is -2.46. The van der Waals surface area contributed by atoms with E-state index in [-0.39, 0.29) is 46.3 Å². The lowest BCUT2D eigenvalue weighted by molar-refractivity contribution is 0.0697. The van der Waals surface area contributed by atoms with Gasteiger partial charge < -0.3 is 31.3 Å². The lowest BCUT2D eigenvalue weighted by Gasteiger charge is -2.29. The number of aromatic nitrogens is 1. The first-order chi connectivity index (χ1) is 18.8. The SMILES string of the molecule is CCOc1ccc(-c2ccc(C(=O)N[C@H](CO)C(C)(C)C)cc2C(=O)O)c(C(=O)Nc2ccc(C(=N)N)cc2)n1. The fourth-order valence-electron chi connectivity index (χ4n) is 3.86. The summed E-state index contributed by atoms with van der Waals surface area (Å²) in [6.45, 7) is 7.37. The Labute approximate surface area is 231 Å². The average molecular weight is 548 g/mol. The number of amidine groups is 1. The molecule has 0 aliphatic rings. The number of carboxylic acids is 1. The number of aliphatic hydroxyl groups is 1. The molecule has 210 valence electrons. The largest absolute Gasteiger partial charge is 0.478 e. The molecular formula is C29H33N5O6. The minimum absolute atomic E-state index is 0.0827. The minimum Gasteiger partial charge on any atom is -0.478 e. The second-order valence-corrected chi connectivity index (χ2v) is 10.1. The van der Waals surface area contributed by atoms with Crippen molar-refractivity contribution in [3.8, 4) is 17.0 Å². The zero-order valence-corrected chi connectivity index (χ0v) is 22.7. The number of nitrogens with one attached hydrogen (secondary N) is 3. The molecule has 1 aromatic heterocycles. The molecule has 3 rings (SSSR count). The molecule has 0 radical (unpaired) electrons. The third-order valence-electron chi connectivity index (χ3n) is 6.17. The number of pyridine rings is 1. The van der Waals surface area contributed by atoms with Gasteiger partial charge in [0.05, 0.1) is 24.8 Å². The number of benzene rings is 2. The topological polar surface area (TPSA) is 188 Å². The summed E-state index contributed by atoms with van der Waals surface area (Å²) < 4.78 is 5.46. The van der Waals surface area contributed by atoms with Gasteiger partial charge in [-0.2, -0.15) is 0 Å². The first-order valence-corrected chi connectivity index (χ1v) is 12.5. The van der Waals surface area contributed by atoms with Crippen LogP contribution in [0, 0.1) is 10.8 Å². The standard InChI is InChI=1S/C29H33N5O6/c1-5-40-23-13-12-20(24(34-23)27(37)32-18-9-6-16(7-10-18)25(30)31)19-11-8-17(14-21(19)28(38)39)26(36)33-22(15-35)29(2,3)4/h6-14,22,35H,5,15H2,1-4H3,(H3,30,31)(H,32,37)(H,33,36)(H,38,39)/t22-/m1/s1. The molecule has 11 heteroatoms. The van der Waals surface area contributed by atoms with E-state index in [1.807, 2.05) is 20.8 Å². The third kappa shape index (κ3) is 7.00. The van der Waals surface area contributed by atoms with Crippen molar-refractivity contribution in [2.45, 2.75) is 33.7 Å². The van der Waals surface area contributed by atoms with Crippen LogP contribution >= 0.6 is 0 Å². The number of hydrogen-bond donors (Lipinski definition) is 6. The van der Waals surface area contributed by atoms with E-state index in [4.69, 9.17) is 15.9 Å². The van der Waals surface area contributed by atoms with Crippen LogP contribution in [0.1, 0.15) is 64.5 Å². The van der Waals surface area contributed by atoms with Crippen LogP contribution in [-0.2, 0) is 0 Å². The average Bonchev–Trinajstić information content (AvgIpc) is 2.91. The Hall–Kier alpha value is -4.77. The number of rotatable bonds is 10. The van der Waals surface area contributed by atoms with Gasteiger partial charge in [0, 0.05) is 28.4 Å². The number of carboxylic acid groups (broad SMARTS) is 1. The van der Waals surface area contributed by atoms with Gasteiger partial charge in [0.2, 0.25) is 5.88 Å². The van der Waals surface area contributed by atoms with Crippen molar-refractivity contribution in [3.05, 3.63) is 77.0 Å². The van der Waals surface area contributed by atoms with Gasteiger partial charge in [-0.25, -0.2) is 9.78 Å². The monoisotopic (exact) mass is 547 g/mol. The fraction of sp³-hybridized carbons (Fsp3) is 0.276. The van der Waals surface area contributed by atoms with Crippen molar-refractivity contribution in [2.24, 2.45) is 11.1 Å². The molecule has 11 nitrogen and oxygen atoms in total. The normalized spacial score (nSPS) is 11.8. The number of nitrogens with two attached hydrogens (primary N) is 1. The number of ether oxygens (including phenoxy) is 1. The Morgan fingerprint density at radius 1 is 1.00 bits per heavy atom. The number of carbonyl (C=O) groups is 3. The number of aromatic carboxylic acids is 1. The van der Waals surface area contributed by atoms with Crippen molar-refractivity contribution in [2.75, 3.05) is 18.5 Å². The Kier molecular flexibility index (Phi) is 9.23. The van der Waals surface area contributed by atoms with Crippen molar-refractivity contribution in [3.63, 3.8) is 0 Å². The highest BCUT2D eigenvalue weighted by Gasteiger charge is 2.27. The highest BCUT2D eigenvalue weighted by Crippen LogP contribution is 2.30. The van der Waals surface area contributed by atoms with Gasteiger partial charge >= 0.3 is 5.97 Å². The maximum Gasteiger partial charge on any atom is 0.336 e. The second-order valence-electron chi connectivity index (χ2n) is 10.1. The molecular weight excluding hydrogens is 514 g/mol. The molecule has 1 heterocycles. The highest BCUT2D eigenvalue weighted by atomic mass is 16.5. The number of hydrogen-bond acceptors (Lipinski definition) is 7. The van der Waals surface area contributed by atoms with E-state index in [0.29, 0.717) is 17.9 Å². The lowest BCUT2D eigenvalue weighted by atomic mass is 9.87. The second kappa shape index (κ2) is 12.4. The summed E-state index contributed by atoms with van der Waals surface area (Å²) in [4.78, 5) is 42.9. The molecule has 0 aliphatic heterocycles. The zero-order chi connectivity index (χ0) is 29.6. The van der Waals surface area contributed by atoms with Crippen LogP contribution in [0.2, 0.25) is 0 Å². The summed E-state index contributed by atoms with van der Waals surface area (Å²) in [5.74, 6) is -2.41. The Morgan fingerprint density at radius 3 is 2.17 bits per heavy atom. The van der Waals surface area contributed by atoms with Gasteiger partial charge in [0.25, 0.3) is 11.8 Å². The van der Waals surface area contributed by atoms with Crippen LogP contribution in [0.5, 0.6) is 5.88 Å². The minimum atomic E-state index is -1.31. The van der Waals surface area contributed by atoms with Gasteiger partial charge in [0.15, 0.2) is 0 Å². The van der Waals surface area contributed by atoms with E-state index in [9.17, 15) is 24.6 Å². The van der Waals surface area contributed by atoms with Crippen molar-refractivity contribution < 1.29 is 29.3 Å². The number of amides is 2. The first-order valence-electron chi connectivity index (χ1n) is 12.5. The van der Waals surface area contributed by atoms with E-state index < -0.39 is 29.2 Å². The smallest absolute Gasteiger partial charge is 0.336 e. The molecule has 0 bridgehead atoms. The van der Waals surface area contributed by atoms with E-state index in [0.717, 1.165) is 0 Å². The predicted molar refractivity (Wildman–Crippen MR) is 151 cm³/mol. The van der Waals surface area contributed by atoms with E-state index >= 15 is 0 Å². The number of carbonyl (C=O) groups excluding carboxylic acids is 2. The highest BCUT2D eigenvalue weighted by molar-refractivity contribution is 6.10. The molecule has 40 heavy (non-hydrogen) atoms. The molecule has 0 unspecified atom stereocenters. The number of aliphatic hydroxyl groups excluding tert-OH is 1. The molecule has 2 amide bonds. The summed E-state index contributed by atoms with van der Waals surface area (Å²) in [5.41, 5.74) is 6.13. The molecule has 0 aliphatic carbocycles. The van der Waals surface area contributed by atoms with Crippen molar-refractivity contribution in [1.82, 2.24) is 10.3 Å². The molecule has 7 N–H and O–H groups in total. The van der Waals surface area contributed by atoms with Crippen LogP contribution in [0.25, 0.3) is 11.1 Å². The van der Waals surface area contributed by atoms with Crippen LogP contribution in [-0.4, -0.2) is 58.1 Å². The fourth-order valence-corrected chi connectivity index (χ4v) is 3.86. The zero-order valence-electron chi connectivity index (χ0n) is 22.7. The van der Waals surface area contributed by atoms with E-state index in [1.54, 1.807) is 31.2 Å². The van der Waals surface area contributed by atoms with Gasteiger partial charge in [0.1, 0.15) is 11.5 Å². The van der Waals surface area contributed by atoms with Gasteiger partial charge in [-0.15, -0.1) is 0 Å². The molecule has 3 aromatic rings. The number of anilines is 1. The van der Waals surface area contributed by atoms with Crippen LogP contribution in [0.15, 0.2) is 54.6 Å². The molecule has 1 atom stereocenters. The van der Waals surface area contributed by atoms with Gasteiger partial charge in [-0.3, -0.25) is 15.0 Å². The maximum atomic E-state index is 13.4. The predicted octanol–water partition coefficient (Wildman–Crippen LogP) is 3.52. The summed E-state index contributed by atoms with van der Waals surface area (Å²) in [6.07, 6.45) is 0. The quantitative estimate of drug-likeness (QED) is 0.164. The molecule has 0 saturated heterocycles. The van der Waals surface area contributed by atoms with Crippen molar-refractivity contribution in [1.29, 1.82) is 5.41 Å². The number of nitrogens with zero attached hydrogens (tertiary/aromatic N) is 1. The van der Waals surface area contributed by atoms with Crippen molar-refractivity contribution >= 4 is 29.3 Å². The van der Waals surface area contributed by atoms with Gasteiger partial charge in [-0.05, 0) is 60.4 Å². The number of nitrogen functional groups attached to an aromatic ring is 1. The Bertz CT molecular complexity index is 1430. The van der Waals surface area contributed by atoms with Crippen LogP contribution in [0.4, 0.5) is 5.69 Å².